The molecule has 0 radical (unpaired) electrons. The number of amides is 1. The molecule has 4 heteroatoms. The van der Waals surface area contributed by atoms with E-state index >= 15 is 0 Å². The lowest BCUT2D eigenvalue weighted by Crippen LogP contribution is -2.32. The van der Waals surface area contributed by atoms with Crippen molar-refractivity contribution in [1.82, 2.24) is 4.90 Å². The summed E-state index contributed by atoms with van der Waals surface area (Å²) in [6.07, 6.45) is 15.9. The van der Waals surface area contributed by atoms with Crippen LogP contribution in [0.2, 0.25) is 0 Å². The number of aryl methyl sites for hydroxylation is 1. The molecular weight excluding hydrogens is 350 g/mol. The number of benzene rings is 1. The number of carboxylic acids is 1. The zero-order chi connectivity index (χ0) is 20.0. The number of carbonyl (C=O) groups excluding carboxylic acids is 1. The number of carbonyl (C=O) groups is 2. The first kappa shape index (κ1) is 22.2. The number of allylic oxidation sites excluding steroid dienone is 1. The molecule has 1 saturated heterocycles. The molecule has 154 valence electrons. The molecule has 0 saturated carbocycles. The average molecular weight is 386 g/mol. The first-order chi connectivity index (χ1) is 13.7. The summed E-state index contributed by atoms with van der Waals surface area (Å²) in [5.74, 6) is -0.456. The number of likely N-dealkylation sites (tertiary alicyclic amines) is 1. The van der Waals surface area contributed by atoms with Crippen LogP contribution in [0.5, 0.6) is 0 Å². The summed E-state index contributed by atoms with van der Waals surface area (Å²) in [5, 5.41) is 8.65. The van der Waals surface area contributed by atoms with E-state index in [-0.39, 0.29) is 18.4 Å². The van der Waals surface area contributed by atoms with Gasteiger partial charge in [0, 0.05) is 19.4 Å². The van der Waals surface area contributed by atoms with E-state index in [0.29, 0.717) is 6.42 Å². The number of nitrogens with zero attached hydrogens (tertiary/aromatic N) is 1. The Balaban J connectivity index is 1.56. The fourth-order valence-electron chi connectivity index (χ4n) is 3.82. The van der Waals surface area contributed by atoms with Gasteiger partial charge >= 0.3 is 5.97 Å². The van der Waals surface area contributed by atoms with E-state index in [0.717, 1.165) is 51.5 Å². The van der Waals surface area contributed by atoms with E-state index in [2.05, 4.69) is 42.5 Å². The highest BCUT2D eigenvalue weighted by molar-refractivity contribution is 5.79. The fourth-order valence-corrected chi connectivity index (χ4v) is 3.82. The largest absolute Gasteiger partial charge is 0.481 e. The van der Waals surface area contributed by atoms with E-state index in [4.69, 9.17) is 5.11 Å². The lowest BCUT2D eigenvalue weighted by molar-refractivity contribution is -0.137. The number of rotatable bonds is 14. The van der Waals surface area contributed by atoms with Crippen LogP contribution in [0, 0.1) is 0 Å². The van der Waals surface area contributed by atoms with Crippen LogP contribution >= 0.6 is 0 Å². The highest BCUT2D eigenvalue weighted by Gasteiger charge is 2.28. The van der Waals surface area contributed by atoms with Gasteiger partial charge in [0.1, 0.15) is 0 Å². The molecule has 2 rings (SSSR count). The third-order valence-corrected chi connectivity index (χ3v) is 5.45. The van der Waals surface area contributed by atoms with Gasteiger partial charge in [-0.2, -0.15) is 0 Å². The Hall–Kier alpha value is -2.10. The molecule has 1 fully saturated rings. The molecule has 0 aliphatic carbocycles. The number of unbranched alkanes of at least 4 members (excludes halogenated alkanes) is 6. The molecule has 0 spiro atoms. The monoisotopic (exact) mass is 385 g/mol. The second-order valence-electron chi connectivity index (χ2n) is 7.76. The number of hydrogen-bond acceptors (Lipinski definition) is 2. The standard InChI is InChI=1S/C24H35NO3/c26-23-19-18-22(25(23)20-12-5-4-11-17-24(27)28)16-10-3-1-2-7-13-21-14-8-6-9-15-21/h6,8-10,14-16,22H,1-5,7,11-13,17-20H2,(H,27,28)/b16-10+. The maximum absolute atomic E-state index is 12.1. The Morgan fingerprint density at radius 3 is 2.57 bits per heavy atom. The van der Waals surface area contributed by atoms with Crippen molar-refractivity contribution in [3.05, 3.63) is 48.0 Å². The van der Waals surface area contributed by atoms with Gasteiger partial charge in [0.15, 0.2) is 0 Å². The first-order valence-electron chi connectivity index (χ1n) is 10.9. The van der Waals surface area contributed by atoms with Crippen LogP contribution in [0.4, 0.5) is 0 Å². The summed E-state index contributed by atoms with van der Waals surface area (Å²) >= 11 is 0. The third-order valence-electron chi connectivity index (χ3n) is 5.45. The molecule has 4 nitrogen and oxygen atoms in total. The van der Waals surface area contributed by atoms with E-state index in [1.54, 1.807) is 0 Å². The van der Waals surface area contributed by atoms with E-state index in [9.17, 15) is 9.59 Å². The predicted molar refractivity (Wildman–Crippen MR) is 113 cm³/mol. The highest BCUT2D eigenvalue weighted by Crippen LogP contribution is 2.21. The molecule has 0 bridgehead atoms. The predicted octanol–water partition coefficient (Wildman–Crippen LogP) is 5.37. The van der Waals surface area contributed by atoms with Gasteiger partial charge in [0.05, 0.1) is 6.04 Å². The van der Waals surface area contributed by atoms with Gasteiger partial charge in [-0.15, -0.1) is 0 Å². The van der Waals surface area contributed by atoms with Crippen molar-refractivity contribution in [3.8, 4) is 0 Å². The second kappa shape index (κ2) is 13.1. The fraction of sp³-hybridized carbons (Fsp3) is 0.583. The molecule has 1 heterocycles. The maximum Gasteiger partial charge on any atom is 0.303 e. The lowest BCUT2D eigenvalue weighted by Gasteiger charge is -2.22. The SMILES string of the molecule is O=C(O)CCCCCCN1C(=O)CCC1/C=C/CCCCCc1ccccc1. The van der Waals surface area contributed by atoms with Crippen LogP contribution in [-0.4, -0.2) is 34.5 Å². The quantitative estimate of drug-likeness (QED) is 0.346. The molecule has 1 aromatic rings. The van der Waals surface area contributed by atoms with Gasteiger partial charge in [-0.05, 0) is 50.5 Å². The Morgan fingerprint density at radius 1 is 1.04 bits per heavy atom. The Bertz CT molecular complexity index is 612. The van der Waals surface area contributed by atoms with Gasteiger partial charge in [0.2, 0.25) is 5.91 Å². The summed E-state index contributed by atoms with van der Waals surface area (Å²) in [7, 11) is 0. The Kier molecular flexibility index (Phi) is 10.4. The van der Waals surface area contributed by atoms with Crippen LogP contribution in [0.25, 0.3) is 0 Å². The smallest absolute Gasteiger partial charge is 0.303 e. The summed E-state index contributed by atoms with van der Waals surface area (Å²) in [5.41, 5.74) is 1.42. The van der Waals surface area contributed by atoms with Crippen LogP contribution < -0.4 is 0 Å². The highest BCUT2D eigenvalue weighted by atomic mass is 16.4. The third kappa shape index (κ3) is 8.73. The minimum atomic E-state index is -0.722. The molecule has 1 aliphatic heterocycles. The molecule has 0 aromatic heterocycles. The number of carboxylic acid groups (broad SMARTS) is 1. The van der Waals surface area contributed by atoms with E-state index < -0.39 is 5.97 Å². The minimum absolute atomic E-state index is 0.249. The molecule has 1 amide bonds. The van der Waals surface area contributed by atoms with Crippen molar-refractivity contribution in [2.24, 2.45) is 0 Å². The molecule has 1 N–H and O–H groups in total. The molecular formula is C24H35NO3. The summed E-state index contributed by atoms with van der Waals surface area (Å²) in [6, 6.07) is 10.9. The topological polar surface area (TPSA) is 57.6 Å². The Labute approximate surface area is 169 Å². The van der Waals surface area contributed by atoms with Gasteiger partial charge in [-0.1, -0.05) is 61.7 Å². The zero-order valence-corrected chi connectivity index (χ0v) is 17.0. The van der Waals surface area contributed by atoms with E-state index in [1.807, 2.05) is 4.90 Å². The number of aliphatic carboxylic acids is 1. The summed E-state index contributed by atoms with van der Waals surface area (Å²) in [4.78, 5) is 24.6. The van der Waals surface area contributed by atoms with Crippen LogP contribution in [-0.2, 0) is 16.0 Å². The zero-order valence-electron chi connectivity index (χ0n) is 17.0. The number of hydrogen-bond donors (Lipinski definition) is 1. The van der Waals surface area contributed by atoms with Crippen LogP contribution in [0.1, 0.15) is 76.2 Å². The van der Waals surface area contributed by atoms with Crippen molar-refractivity contribution in [2.75, 3.05) is 6.54 Å². The molecule has 1 aliphatic rings. The average Bonchev–Trinajstić information content (AvgIpc) is 3.04. The second-order valence-corrected chi connectivity index (χ2v) is 7.76. The Morgan fingerprint density at radius 2 is 1.79 bits per heavy atom. The van der Waals surface area contributed by atoms with Gasteiger partial charge < -0.3 is 10.0 Å². The first-order valence-corrected chi connectivity index (χ1v) is 10.9. The van der Waals surface area contributed by atoms with Crippen molar-refractivity contribution >= 4 is 11.9 Å². The van der Waals surface area contributed by atoms with Crippen LogP contribution in [0.3, 0.4) is 0 Å². The summed E-state index contributed by atoms with van der Waals surface area (Å²) < 4.78 is 0. The summed E-state index contributed by atoms with van der Waals surface area (Å²) in [6.45, 7) is 0.804. The molecule has 28 heavy (non-hydrogen) atoms. The van der Waals surface area contributed by atoms with Crippen molar-refractivity contribution in [2.45, 2.75) is 83.1 Å². The minimum Gasteiger partial charge on any atom is -0.481 e. The van der Waals surface area contributed by atoms with Gasteiger partial charge in [-0.25, -0.2) is 0 Å². The van der Waals surface area contributed by atoms with Crippen molar-refractivity contribution < 1.29 is 14.7 Å². The lowest BCUT2D eigenvalue weighted by atomic mass is 10.1. The van der Waals surface area contributed by atoms with Gasteiger partial charge in [-0.3, -0.25) is 9.59 Å². The van der Waals surface area contributed by atoms with E-state index in [1.165, 1.54) is 24.8 Å². The van der Waals surface area contributed by atoms with Crippen molar-refractivity contribution in [1.29, 1.82) is 0 Å². The molecule has 1 unspecified atom stereocenters. The molecule has 1 aromatic carbocycles. The normalized spacial score (nSPS) is 16.9. The van der Waals surface area contributed by atoms with Crippen LogP contribution in [0.15, 0.2) is 42.5 Å². The van der Waals surface area contributed by atoms with Gasteiger partial charge in [0.25, 0.3) is 0 Å². The van der Waals surface area contributed by atoms with Crippen molar-refractivity contribution in [3.63, 3.8) is 0 Å². The molecule has 1 atom stereocenters. The maximum atomic E-state index is 12.1.